The van der Waals surface area contributed by atoms with Gasteiger partial charge in [0.25, 0.3) is 0 Å². The Balaban J connectivity index is 2.25. The van der Waals surface area contributed by atoms with Crippen molar-refractivity contribution >= 4 is 8.32 Å². The molecule has 1 aliphatic heterocycles. The van der Waals surface area contributed by atoms with Crippen molar-refractivity contribution in [3.8, 4) is 0 Å². The molecule has 0 amide bonds. The van der Waals surface area contributed by atoms with Crippen LogP contribution in [-0.2, 0) is 9.16 Å². The SMILES string of the molecule is CC1=C[C@@]2(O)CO[C@H]2C[C@@H]1O[Si](C(C)C)(C(C)C)C(C)C. The highest BCUT2D eigenvalue weighted by Gasteiger charge is 2.52. The molecule has 122 valence electrons. The van der Waals surface area contributed by atoms with E-state index in [0.29, 0.717) is 23.2 Å². The molecule has 3 atom stereocenters. The lowest BCUT2D eigenvalue weighted by Crippen LogP contribution is -2.62. The molecule has 0 aromatic heterocycles. The Morgan fingerprint density at radius 2 is 1.71 bits per heavy atom. The van der Waals surface area contributed by atoms with Gasteiger partial charge in [-0.1, -0.05) is 41.5 Å². The van der Waals surface area contributed by atoms with Gasteiger partial charge in [-0.2, -0.15) is 0 Å². The molecule has 1 N–H and O–H groups in total. The van der Waals surface area contributed by atoms with E-state index in [2.05, 4.69) is 48.5 Å². The number of aliphatic hydroxyl groups is 1. The van der Waals surface area contributed by atoms with Crippen LogP contribution in [0.1, 0.15) is 54.9 Å². The summed E-state index contributed by atoms with van der Waals surface area (Å²) in [7, 11) is -1.89. The third kappa shape index (κ3) is 2.76. The molecule has 1 aliphatic carbocycles. The highest BCUT2D eigenvalue weighted by Crippen LogP contribution is 2.46. The lowest BCUT2D eigenvalue weighted by molar-refractivity contribution is -0.223. The predicted molar refractivity (Wildman–Crippen MR) is 89.0 cm³/mol. The van der Waals surface area contributed by atoms with Crippen LogP contribution >= 0.6 is 0 Å². The number of fused-ring (bicyclic) bond motifs is 1. The third-order valence-electron chi connectivity index (χ3n) is 5.54. The van der Waals surface area contributed by atoms with Crippen molar-refractivity contribution in [3.05, 3.63) is 11.6 Å². The van der Waals surface area contributed by atoms with Crippen LogP contribution in [0.15, 0.2) is 11.6 Å². The highest BCUT2D eigenvalue weighted by atomic mass is 28.4. The molecule has 3 nitrogen and oxygen atoms in total. The molecule has 0 aromatic carbocycles. The van der Waals surface area contributed by atoms with Gasteiger partial charge in [0.2, 0.25) is 8.32 Å². The Hall–Kier alpha value is -0.163. The first-order chi connectivity index (χ1) is 9.63. The van der Waals surface area contributed by atoms with Gasteiger partial charge in [-0.15, -0.1) is 0 Å². The second-order valence-electron chi connectivity index (χ2n) is 7.84. The highest BCUT2D eigenvalue weighted by molar-refractivity contribution is 6.77. The smallest absolute Gasteiger partial charge is 0.201 e. The van der Waals surface area contributed by atoms with Crippen molar-refractivity contribution in [1.82, 2.24) is 0 Å². The standard InChI is InChI=1S/C17H32O3Si/c1-11(2)21(12(3)4,13(5)6)20-15-8-16-17(18,10-19-16)9-14(15)7/h9,11-13,15-16,18H,8,10H2,1-7H3/t15-,16-,17+/m0/s1. The Bertz CT molecular complexity index is 394. The van der Waals surface area contributed by atoms with Gasteiger partial charge in [-0.25, -0.2) is 0 Å². The lowest BCUT2D eigenvalue weighted by Gasteiger charge is -2.51. The monoisotopic (exact) mass is 312 g/mol. The van der Waals surface area contributed by atoms with E-state index in [1.807, 2.05) is 6.08 Å². The van der Waals surface area contributed by atoms with E-state index >= 15 is 0 Å². The fourth-order valence-electron chi connectivity index (χ4n) is 4.44. The Morgan fingerprint density at radius 1 is 1.19 bits per heavy atom. The minimum absolute atomic E-state index is 0.0793. The summed E-state index contributed by atoms with van der Waals surface area (Å²) in [5.74, 6) is 0. The molecule has 0 spiro atoms. The summed E-state index contributed by atoms with van der Waals surface area (Å²) in [5.41, 5.74) is 2.17. The normalized spacial score (nSPS) is 33.2. The maximum Gasteiger partial charge on any atom is 0.201 e. The number of hydrogen-bond acceptors (Lipinski definition) is 3. The first-order valence-electron chi connectivity index (χ1n) is 8.34. The molecule has 2 aliphatic rings. The molecular weight excluding hydrogens is 280 g/mol. The largest absolute Gasteiger partial charge is 0.409 e. The maximum atomic E-state index is 10.4. The second-order valence-corrected chi connectivity index (χ2v) is 13.2. The lowest BCUT2D eigenvalue weighted by atomic mass is 9.80. The van der Waals surface area contributed by atoms with Gasteiger partial charge in [0.1, 0.15) is 5.60 Å². The zero-order valence-corrected chi connectivity index (χ0v) is 15.6. The van der Waals surface area contributed by atoms with Crippen LogP contribution in [-0.4, -0.2) is 37.8 Å². The minimum Gasteiger partial charge on any atom is -0.409 e. The average Bonchev–Trinajstić information content (AvgIpc) is 2.34. The summed E-state index contributed by atoms with van der Waals surface area (Å²) in [6.07, 6.45) is 2.80. The summed E-state index contributed by atoms with van der Waals surface area (Å²) >= 11 is 0. The van der Waals surface area contributed by atoms with Crippen molar-refractivity contribution in [2.75, 3.05) is 6.61 Å². The molecule has 4 heteroatoms. The van der Waals surface area contributed by atoms with Crippen LogP contribution in [0, 0.1) is 0 Å². The second kappa shape index (κ2) is 5.80. The Morgan fingerprint density at radius 3 is 2.10 bits per heavy atom. The molecule has 1 heterocycles. The molecule has 0 radical (unpaired) electrons. The fraction of sp³-hybridized carbons (Fsp3) is 0.882. The first-order valence-corrected chi connectivity index (χ1v) is 10.5. The van der Waals surface area contributed by atoms with Gasteiger partial charge < -0.3 is 14.3 Å². The number of ether oxygens (including phenoxy) is 1. The van der Waals surface area contributed by atoms with Gasteiger partial charge in [-0.3, -0.25) is 0 Å². The summed E-state index contributed by atoms with van der Waals surface area (Å²) in [5, 5.41) is 10.4. The van der Waals surface area contributed by atoms with Crippen LogP contribution in [0.25, 0.3) is 0 Å². The molecule has 0 aromatic rings. The topological polar surface area (TPSA) is 38.7 Å². The van der Waals surface area contributed by atoms with E-state index in [1.54, 1.807) is 0 Å². The van der Waals surface area contributed by atoms with Gasteiger partial charge in [0.05, 0.1) is 18.8 Å². The minimum atomic E-state index is -1.89. The van der Waals surface area contributed by atoms with E-state index < -0.39 is 13.9 Å². The van der Waals surface area contributed by atoms with Crippen LogP contribution < -0.4 is 0 Å². The van der Waals surface area contributed by atoms with E-state index in [0.717, 1.165) is 6.42 Å². The van der Waals surface area contributed by atoms with Crippen molar-refractivity contribution in [1.29, 1.82) is 0 Å². The Kier molecular flexibility index (Phi) is 4.75. The van der Waals surface area contributed by atoms with E-state index in [1.165, 1.54) is 5.57 Å². The predicted octanol–water partition coefficient (Wildman–Crippen LogP) is 4.03. The summed E-state index contributed by atoms with van der Waals surface area (Å²) in [6.45, 7) is 16.4. The van der Waals surface area contributed by atoms with Crippen molar-refractivity contribution in [2.45, 2.75) is 89.3 Å². The van der Waals surface area contributed by atoms with Crippen LogP contribution in [0.4, 0.5) is 0 Å². The van der Waals surface area contributed by atoms with Gasteiger partial charge in [-0.05, 0) is 35.2 Å². The maximum absolute atomic E-state index is 10.4. The molecule has 0 saturated carbocycles. The van der Waals surface area contributed by atoms with E-state index in [9.17, 15) is 5.11 Å². The third-order valence-corrected chi connectivity index (χ3v) is 11.6. The molecular formula is C17H32O3Si. The van der Waals surface area contributed by atoms with Crippen LogP contribution in [0.3, 0.4) is 0 Å². The van der Waals surface area contributed by atoms with Crippen molar-refractivity contribution < 1.29 is 14.3 Å². The molecule has 0 bridgehead atoms. The summed E-state index contributed by atoms with van der Waals surface area (Å²) in [6, 6.07) is 0. The summed E-state index contributed by atoms with van der Waals surface area (Å²) < 4.78 is 12.4. The average molecular weight is 313 g/mol. The Labute approximate surface area is 130 Å². The summed E-state index contributed by atoms with van der Waals surface area (Å²) in [4.78, 5) is 0. The molecule has 1 fully saturated rings. The fourth-order valence-corrected chi connectivity index (χ4v) is 10.0. The zero-order valence-electron chi connectivity index (χ0n) is 14.6. The van der Waals surface area contributed by atoms with Crippen molar-refractivity contribution in [2.24, 2.45) is 0 Å². The molecule has 21 heavy (non-hydrogen) atoms. The van der Waals surface area contributed by atoms with Crippen LogP contribution in [0.2, 0.25) is 16.6 Å². The molecule has 1 saturated heterocycles. The van der Waals surface area contributed by atoms with Gasteiger partial charge >= 0.3 is 0 Å². The quantitative estimate of drug-likeness (QED) is 0.615. The molecule has 2 rings (SSSR count). The number of hydrogen-bond donors (Lipinski definition) is 1. The zero-order chi connectivity index (χ0) is 16.0. The molecule has 0 unspecified atom stereocenters. The number of rotatable bonds is 5. The van der Waals surface area contributed by atoms with E-state index in [4.69, 9.17) is 9.16 Å². The van der Waals surface area contributed by atoms with Crippen LogP contribution in [0.5, 0.6) is 0 Å². The van der Waals surface area contributed by atoms with Crippen molar-refractivity contribution in [3.63, 3.8) is 0 Å². The van der Waals surface area contributed by atoms with E-state index in [-0.39, 0.29) is 12.2 Å². The first kappa shape index (κ1) is 17.2. The van der Waals surface area contributed by atoms with Gasteiger partial charge in [0.15, 0.2) is 0 Å². The van der Waals surface area contributed by atoms with Gasteiger partial charge in [0, 0.05) is 6.42 Å².